The van der Waals surface area contributed by atoms with E-state index in [1.165, 1.54) is 6.07 Å². The van der Waals surface area contributed by atoms with Crippen molar-refractivity contribution in [2.24, 2.45) is 5.73 Å². The van der Waals surface area contributed by atoms with Crippen molar-refractivity contribution in [3.05, 3.63) is 35.1 Å². The van der Waals surface area contributed by atoms with Crippen molar-refractivity contribution < 1.29 is 9.50 Å². The van der Waals surface area contributed by atoms with Gasteiger partial charge in [0.25, 0.3) is 0 Å². The van der Waals surface area contributed by atoms with E-state index in [0.717, 1.165) is 0 Å². The first-order valence-corrected chi connectivity index (χ1v) is 5.16. The Morgan fingerprint density at radius 2 is 1.87 bits per heavy atom. The molecule has 1 aromatic rings. The Hall–Kier alpha value is -0.930. The van der Waals surface area contributed by atoms with Gasteiger partial charge in [0.15, 0.2) is 0 Å². The van der Waals surface area contributed by atoms with Gasteiger partial charge >= 0.3 is 0 Å². The van der Waals surface area contributed by atoms with Gasteiger partial charge in [-0.15, -0.1) is 0 Å². The van der Waals surface area contributed by atoms with Gasteiger partial charge < -0.3 is 10.8 Å². The lowest BCUT2D eigenvalue weighted by molar-refractivity contribution is 0.153. The Kier molecular flexibility index (Phi) is 3.83. The fraction of sp³-hybridized carbons (Fsp3) is 0.500. The number of aliphatic hydroxyl groups excluding tert-OH is 1. The van der Waals surface area contributed by atoms with Crippen LogP contribution in [-0.2, 0) is 0 Å². The van der Waals surface area contributed by atoms with E-state index >= 15 is 0 Å². The fourth-order valence-electron chi connectivity index (χ4n) is 1.50. The Labute approximate surface area is 89.9 Å². The van der Waals surface area contributed by atoms with Crippen molar-refractivity contribution in [3.63, 3.8) is 0 Å². The van der Waals surface area contributed by atoms with E-state index in [1.54, 1.807) is 19.1 Å². The number of rotatable bonds is 3. The van der Waals surface area contributed by atoms with Crippen LogP contribution < -0.4 is 5.73 Å². The van der Waals surface area contributed by atoms with Crippen LogP contribution in [0.1, 0.15) is 43.9 Å². The average Bonchev–Trinajstić information content (AvgIpc) is 2.15. The van der Waals surface area contributed by atoms with Gasteiger partial charge in [-0.25, -0.2) is 4.39 Å². The molecule has 0 aromatic heterocycles. The molecule has 1 aromatic carbocycles. The smallest absolute Gasteiger partial charge is 0.127 e. The van der Waals surface area contributed by atoms with Gasteiger partial charge in [-0.2, -0.15) is 0 Å². The molecule has 0 radical (unpaired) electrons. The van der Waals surface area contributed by atoms with Crippen molar-refractivity contribution in [1.82, 2.24) is 0 Å². The Morgan fingerprint density at radius 3 is 2.27 bits per heavy atom. The van der Waals surface area contributed by atoms with Crippen molar-refractivity contribution in [1.29, 1.82) is 0 Å². The second-order valence-corrected chi connectivity index (χ2v) is 4.24. The second kappa shape index (κ2) is 4.73. The van der Waals surface area contributed by atoms with Gasteiger partial charge in [0.2, 0.25) is 0 Å². The minimum absolute atomic E-state index is 0.145. The topological polar surface area (TPSA) is 46.2 Å². The van der Waals surface area contributed by atoms with Crippen LogP contribution in [0.2, 0.25) is 0 Å². The zero-order chi connectivity index (χ0) is 11.6. The Balaban J connectivity index is 3.01. The largest absolute Gasteiger partial charge is 0.387 e. The zero-order valence-corrected chi connectivity index (χ0v) is 9.37. The van der Waals surface area contributed by atoms with Crippen LogP contribution in [0.5, 0.6) is 0 Å². The van der Waals surface area contributed by atoms with Crippen molar-refractivity contribution in [3.8, 4) is 0 Å². The van der Waals surface area contributed by atoms with E-state index in [9.17, 15) is 9.50 Å². The van der Waals surface area contributed by atoms with Gasteiger partial charge in [0.05, 0.1) is 6.10 Å². The lowest BCUT2D eigenvalue weighted by atomic mass is 9.97. The normalized spacial score (nSPS) is 15.4. The number of benzene rings is 1. The molecule has 0 saturated heterocycles. The van der Waals surface area contributed by atoms with E-state index in [2.05, 4.69) is 0 Å². The lowest BCUT2D eigenvalue weighted by Gasteiger charge is -2.16. The molecule has 3 N–H and O–H groups in total. The van der Waals surface area contributed by atoms with E-state index in [-0.39, 0.29) is 11.7 Å². The molecule has 15 heavy (non-hydrogen) atoms. The highest BCUT2D eigenvalue weighted by molar-refractivity contribution is 5.28. The molecule has 0 aliphatic rings. The Bertz CT molecular complexity index is 336. The molecule has 0 amide bonds. The number of nitrogens with two attached hydrogens (primary N) is 1. The molecule has 3 heteroatoms. The predicted molar refractivity (Wildman–Crippen MR) is 59.1 cm³/mol. The van der Waals surface area contributed by atoms with Gasteiger partial charge in [-0.3, -0.25) is 0 Å². The molecule has 0 aliphatic carbocycles. The number of hydrogen-bond donors (Lipinski definition) is 2. The van der Waals surface area contributed by atoms with E-state index in [0.29, 0.717) is 11.1 Å². The summed E-state index contributed by atoms with van der Waals surface area (Å²) in [5, 5.41) is 9.66. The van der Waals surface area contributed by atoms with Gasteiger partial charge in [0.1, 0.15) is 5.82 Å². The molecule has 0 spiro atoms. The van der Waals surface area contributed by atoms with Crippen LogP contribution in [0.15, 0.2) is 18.2 Å². The van der Waals surface area contributed by atoms with Crippen molar-refractivity contribution >= 4 is 0 Å². The third kappa shape index (κ3) is 2.76. The van der Waals surface area contributed by atoms with Crippen LogP contribution in [0, 0.1) is 5.82 Å². The van der Waals surface area contributed by atoms with Crippen LogP contribution >= 0.6 is 0 Å². The van der Waals surface area contributed by atoms with Crippen molar-refractivity contribution in [2.75, 3.05) is 0 Å². The van der Waals surface area contributed by atoms with Gasteiger partial charge in [-0.1, -0.05) is 26.0 Å². The molecule has 0 saturated carbocycles. The highest BCUT2D eigenvalue weighted by atomic mass is 19.1. The molecule has 0 fully saturated rings. The summed E-state index contributed by atoms with van der Waals surface area (Å²) in [6.07, 6.45) is -0.805. The third-order valence-electron chi connectivity index (χ3n) is 2.49. The summed E-state index contributed by atoms with van der Waals surface area (Å²) in [6, 6.07) is 4.41. The highest BCUT2D eigenvalue weighted by Crippen LogP contribution is 2.23. The first kappa shape index (κ1) is 12.1. The minimum Gasteiger partial charge on any atom is -0.387 e. The number of halogens is 1. The monoisotopic (exact) mass is 211 g/mol. The first-order chi connectivity index (χ1) is 6.93. The number of aliphatic hydroxyl groups is 1. The summed E-state index contributed by atoms with van der Waals surface area (Å²) in [4.78, 5) is 0. The van der Waals surface area contributed by atoms with Gasteiger partial charge in [0, 0.05) is 6.04 Å². The maximum absolute atomic E-state index is 13.6. The van der Waals surface area contributed by atoms with E-state index < -0.39 is 12.1 Å². The number of hydrogen-bond acceptors (Lipinski definition) is 2. The molecule has 2 nitrogen and oxygen atoms in total. The summed E-state index contributed by atoms with van der Waals surface area (Å²) >= 11 is 0. The molecule has 84 valence electrons. The quantitative estimate of drug-likeness (QED) is 0.806. The zero-order valence-electron chi connectivity index (χ0n) is 9.37. The summed E-state index contributed by atoms with van der Waals surface area (Å²) in [5.74, 6) is -0.131. The average molecular weight is 211 g/mol. The van der Waals surface area contributed by atoms with Crippen molar-refractivity contribution in [2.45, 2.75) is 38.8 Å². The molecule has 0 bridgehead atoms. The van der Waals surface area contributed by atoms with Crippen LogP contribution in [0.4, 0.5) is 4.39 Å². The fourth-order valence-corrected chi connectivity index (χ4v) is 1.50. The lowest BCUT2D eigenvalue weighted by Crippen LogP contribution is -2.24. The molecular weight excluding hydrogens is 193 g/mol. The first-order valence-electron chi connectivity index (χ1n) is 5.16. The van der Waals surface area contributed by atoms with Crippen LogP contribution in [-0.4, -0.2) is 11.1 Å². The maximum Gasteiger partial charge on any atom is 0.127 e. The second-order valence-electron chi connectivity index (χ2n) is 4.24. The molecule has 0 aliphatic heterocycles. The summed E-state index contributed by atoms with van der Waals surface area (Å²) in [7, 11) is 0. The molecule has 0 heterocycles. The highest BCUT2D eigenvalue weighted by Gasteiger charge is 2.15. The van der Waals surface area contributed by atoms with E-state index in [4.69, 9.17) is 5.73 Å². The molecule has 2 unspecified atom stereocenters. The predicted octanol–water partition coefficient (Wildman–Crippen LogP) is 2.33. The summed E-state index contributed by atoms with van der Waals surface area (Å²) < 4.78 is 13.6. The molecule has 1 rings (SSSR count). The standard InChI is InChI=1S/C12H18FNO/c1-7(2)10-5-4-9(6-11(10)13)12(15)8(3)14/h4-8,12,15H,14H2,1-3H3. The third-order valence-corrected chi connectivity index (χ3v) is 2.49. The van der Waals surface area contributed by atoms with Crippen LogP contribution in [0.25, 0.3) is 0 Å². The maximum atomic E-state index is 13.6. The van der Waals surface area contributed by atoms with Gasteiger partial charge in [-0.05, 0) is 30.0 Å². The Morgan fingerprint density at radius 1 is 1.27 bits per heavy atom. The molecule has 2 atom stereocenters. The summed E-state index contributed by atoms with van der Waals surface area (Å²) in [6.45, 7) is 5.55. The SMILES string of the molecule is CC(C)c1ccc(C(O)C(C)N)cc1F. The summed E-state index contributed by atoms with van der Waals surface area (Å²) in [5.41, 5.74) is 6.74. The van der Waals surface area contributed by atoms with E-state index in [1.807, 2.05) is 13.8 Å². The molecular formula is C12H18FNO. The van der Waals surface area contributed by atoms with Crippen LogP contribution in [0.3, 0.4) is 0 Å². The minimum atomic E-state index is -0.805.